The predicted octanol–water partition coefficient (Wildman–Crippen LogP) is 5.21. The molecule has 3 amide bonds. The van der Waals surface area contributed by atoms with Crippen LogP contribution in [0, 0.1) is 11.3 Å². The zero-order valence-corrected chi connectivity index (χ0v) is 25.8. The molecule has 4 fully saturated rings. The summed E-state index contributed by atoms with van der Waals surface area (Å²) in [6.07, 6.45) is 6.03. The van der Waals surface area contributed by atoms with E-state index in [-0.39, 0.29) is 23.0 Å². The number of hydrogen-bond acceptors (Lipinski definition) is 4. The molecule has 2 unspecified atom stereocenters. The average molecular weight is 553 g/mol. The van der Waals surface area contributed by atoms with Gasteiger partial charge in [-0.2, -0.15) is 0 Å². The molecule has 40 heavy (non-hydrogen) atoms. The van der Waals surface area contributed by atoms with Gasteiger partial charge in [0.25, 0.3) is 0 Å². The predicted molar refractivity (Wildman–Crippen MR) is 159 cm³/mol. The van der Waals surface area contributed by atoms with Crippen LogP contribution in [-0.4, -0.2) is 102 Å². The summed E-state index contributed by atoms with van der Waals surface area (Å²) in [4.78, 5) is 36.1. The van der Waals surface area contributed by atoms with E-state index in [2.05, 4.69) is 84.6 Å². The number of carbonyl (C=O) groups is 2. The summed E-state index contributed by atoms with van der Waals surface area (Å²) in [5.41, 5.74) is 1.29. The van der Waals surface area contributed by atoms with Crippen molar-refractivity contribution >= 4 is 11.9 Å². The summed E-state index contributed by atoms with van der Waals surface area (Å²) >= 11 is 0. The van der Waals surface area contributed by atoms with Crippen LogP contribution in [0.25, 0.3) is 0 Å². The Balaban J connectivity index is 1.32. The maximum atomic E-state index is 13.6. The highest BCUT2D eigenvalue weighted by atomic mass is 16.5. The second-order valence-corrected chi connectivity index (χ2v) is 14.5. The molecule has 7 nitrogen and oxygen atoms in total. The first-order chi connectivity index (χ1) is 19.0. The van der Waals surface area contributed by atoms with E-state index in [9.17, 15) is 9.59 Å². The summed E-state index contributed by atoms with van der Waals surface area (Å²) < 4.78 is 5.27. The second kappa shape index (κ2) is 11.6. The van der Waals surface area contributed by atoms with Crippen molar-refractivity contribution in [2.45, 2.75) is 103 Å². The summed E-state index contributed by atoms with van der Waals surface area (Å²) in [6.45, 7) is 15.8. The van der Waals surface area contributed by atoms with Crippen LogP contribution in [0.3, 0.4) is 0 Å². The molecule has 4 saturated heterocycles. The van der Waals surface area contributed by atoms with Gasteiger partial charge >= 0.3 is 6.03 Å². The van der Waals surface area contributed by atoms with Gasteiger partial charge in [0.1, 0.15) is 0 Å². The third-order valence-electron chi connectivity index (χ3n) is 9.92. The number of amides is 3. The van der Waals surface area contributed by atoms with Crippen LogP contribution in [0.5, 0.6) is 0 Å². The molecule has 0 aromatic heterocycles. The van der Waals surface area contributed by atoms with Gasteiger partial charge in [-0.05, 0) is 62.8 Å². The molecule has 7 heteroatoms. The van der Waals surface area contributed by atoms with Gasteiger partial charge in [0.05, 0.1) is 5.54 Å². The summed E-state index contributed by atoms with van der Waals surface area (Å²) in [7, 11) is 1.73. The van der Waals surface area contributed by atoms with Crippen LogP contribution in [-0.2, 0) is 9.53 Å². The number of fused-ring (bicyclic) bond motifs is 2. The first kappa shape index (κ1) is 29.4. The fraction of sp³-hybridized carbons (Fsp3) is 0.758. The van der Waals surface area contributed by atoms with Crippen molar-refractivity contribution in [1.82, 2.24) is 19.6 Å². The molecule has 0 aliphatic carbocycles. The highest BCUT2D eigenvalue weighted by molar-refractivity contribution is 5.79. The number of nitrogens with zero attached hydrogens (tertiary/aromatic N) is 4. The van der Waals surface area contributed by atoms with Gasteiger partial charge < -0.3 is 19.4 Å². The van der Waals surface area contributed by atoms with E-state index < -0.39 is 0 Å². The van der Waals surface area contributed by atoms with Gasteiger partial charge in [-0.15, -0.1) is 0 Å². The molecule has 0 radical (unpaired) electrons. The van der Waals surface area contributed by atoms with E-state index in [4.69, 9.17) is 4.74 Å². The Morgan fingerprint density at radius 1 is 1.07 bits per heavy atom. The fourth-order valence-corrected chi connectivity index (χ4v) is 8.41. The number of piperidine rings is 1. The molecule has 0 saturated carbocycles. The third-order valence-corrected chi connectivity index (χ3v) is 9.92. The highest BCUT2D eigenvalue weighted by Crippen LogP contribution is 2.48. The molecule has 0 N–H and O–H groups in total. The maximum Gasteiger partial charge on any atom is 0.320 e. The third kappa shape index (κ3) is 5.92. The zero-order chi connectivity index (χ0) is 28.7. The number of benzene rings is 1. The number of carbonyl (C=O) groups excluding carboxylic acids is 2. The van der Waals surface area contributed by atoms with Crippen LogP contribution >= 0.6 is 0 Å². The average Bonchev–Trinajstić information content (AvgIpc) is 3.50. The Kier molecular flexibility index (Phi) is 8.54. The lowest BCUT2D eigenvalue weighted by Crippen LogP contribution is -2.60. The molecular formula is C33H52N4O3. The lowest BCUT2D eigenvalue weighted by Gasteiger charge is -2.50. The quantitative estimate of drug-likeness (QED) is 0.395. The van der Waals surface area contributed by atoms with Gasteiger partial charge in [0.15, 0.2) is 0 Å². The van der Waals surface area contributed by atoms with Crippen molar-refractivity contribution in [3.05, 3.63) is 35.9 Å². The first-order valence-electron chi connectivity index (χ1n) is 15.7. The standard InChI is InChI=1S/C33H52N4O3/c1-24(2)37-31(39)34(15-10-16-40-6)23-33(37)17-27-13-14-28(18-33)36(27)21-26-20-35(30(38)19-32(3,4)5)22-29(26)25-11-8-7-9-12-25/h7-9,11-12,24,26-29H,10,13-23H2,1-6H3/t26-,27?,28?,29-,33?/m1/s1. The molecule has 2 bridgehead atoms. The SMILES string of the molecule is COCCCN1CC2(CC3CCC(C2)N3C[C@H]2CN(C(=O)CC(C)(C)C)C[C@@H]2c2ccccc2)N(C(C)C)C1=O. The van der Waals surface area contributed by atoms with E-state index in [1.54, 1.807) is 7.11 Å². The lowest BCUT2D eigenvalue weighted by molar-refractivity contribution is -0.132. The van der Waals surface area contributed by atoms with Crippen LogP contribution in [0.2, 0.25) is 0 Å². The molecule has 4 atom stereocenters. The smallest absolute Gasteiger partial charge is 0.320 e. The fourth-order valence-electron chi connectivity index (χ4n) is 8.41. The van der Waals surface area contributed by atoms with Crippen molar-refractivity contribution < 1.29 is 14.3 Å². The molecule has 5 rings (SSSR count). The Bertz CT molecular complexity index is 1020. The maximum absolute atomic E-state index is 13.6. The lowest BCUT2D eigenvalue weighted by atomic mass is 9.80. The van der Waals surface area contributed by atoms with Crippen molar-refractivity contribution in [3.63, 3.8) is 0 Å². The van der Waals surface area contributed by atoms with Crippen molar-refractivity contribution in [2.24, 2.45) is 11.3 Å². The molecule has 4 heterocycles. The number of ether oxygens (including phenoxy) is 1. The van der Waals surface area contributed by atoms with Gasteiger partial charge in [-0.25, -0.2) is 4.79 Å². The van der Waals surface area contributed by atoms with Crippen molar-refractivity contribution in [3.8, 4) is 0 Å². The van der Waals surface area contributed by atoms with Crippen molar-refractivity contribution in [1.29, 1.82) is 0 Å². The topological polar surface area (TPSA) is 56.3 Å². The van der Waals surface area contributed by atoms with E-state index in [0.717, 1.165) is 52.0 Å². The van der Waals surface area contributed by atoms with Gasteiger partial charge in [0.2, 0.25) is 5.91 Å². The minimum absolute atomic E-state index is 0.00381. The Hall–Kier alpha value is -2.12. The van der Waals surface area contributed by atoms with E-state index in [1.165, 1.54) is 18.4 Å². The van der Waals surface area contributed by atoms with E-state index in [1.807, 2.05) is 0 Å². The van der Waals surface area contributed by atoms with Gasteiger partial charge in [-0.1, -0.05) is 51.1 Å². The number of likely N-dealkylation sites (tertiary alicyclic amines) is 1. The van der Waals surface area contributed by atoms with Crippen molar-refractivity contribution in [2.75, 3.05) is 46.4 Å². The molecule has 4 aliphatic heterocycles. The first-order valence-corrected chi connectivity index (χ1v) is 15.7. The molecule has 1 aromatic rings. The number of rotatable bonds is 9. The monoisotopic (exact) mass is 552 g/mol. The van der Waals surface area contributed by atoms with Gasteiger partial charge in [-0.3, -0.25) is 9.69 Å². The summed E-state index contributed by atoms with van der Waals surface area (Å²) in [6, 6.07) is 12.3. The summed E-state index contributed by atoms with van der Waals surface area (Å²) in [5, 5.41) is 0. The Labute approximate surface area is 242 Å². The Morgan fingerprint density at radius 3 is 2.35 bits per heavy atom. The minimum Gasteiger partial charge on any atom is -0.385 e. The summed E-state index contributed by atoms with van der Waals surface area (Å²) in [5.74, 6) is 1.10. The van der Waals surface area contributed by atoms with Crippen LogP contribution in [0.15, 0.2) is 30.3 Å². The Morgan fingerprint density at radius 2 is 1.75 bits per heavy atom. The molecule has 4 aliphatic rings. The number of urea groups is 1. The molecule has 1 aromatic carbocycles. The zero-order valence-electron chi connectivity index (χ0n) is 25.8. The van der Waals surface area contributed by atoms with Gasteiger partial charge in [0, 0.05) is 76.9 Å². The van der Waals surface area contributed by atoms with Crippen LogP contribution in [0.1, 0.15) is 84.6 Å². The number of hydrogen-bond donors (Lipinski definition) is 0. The van der Waals surface area contributed by atoms with E-state index >= 15 is 0 Å². The molecule has 222 valence electrons. The molecular weight excluding hydrogens is 500 g/mol. The highest BCUT2D eigenvalue weighted by Gasteiger charge is 2.58. The second-order valence-electron chi connectivity index (χ2n) is 14.5. The molecule has 1 spiro atoms. The number of methoxy groups -OCH3 is 1. The largest absolute Gasteiger partial charge is 0.385 e. The minimum atomic E-state index is -0.0656. The van der Waals surface area contributed by atoms with Crippen LogP contribution < -0.4 is 0 Å². The normalized spacial score (nSPS) is 30.9. The van der Waals surface area contributed by atoms with Crippen LogP contribution in [0.4, 0.5) is 4.79 Å². The van der Waals surface area contributed by atoms with E-state index in [0.29, 0.717) is 42.9 Å².